The SMILES string of the molecule is COc1cc(/C=C\C#N)ccc1OC(=O)c1cc2ccccc2oc1=O. The van der Waals surface area contributed by atoms with Gasteiger partial charge in [-0.25, -0.2) is 9.59 Å². The van der Waals surface area contributed by atoms with E-state index in [1.807, 2.05) is 6.07 Å². The van der Waals surface area contributed by atoms with Crippen LogP contribution < -0.4 is 15.1 Å². The Morgan fingerprint density at radius 1 is 1.15 bits per heavy atom. The summed E-state index contributed by atoms with van der Waals surface area (Å²) in [5.74, 6) is -0.397. The number of carbonyl (C=O) groups excluding carboxylic acids is 1. The molecule has 2 aromatic carbocycles. The highest BCUT2D eigenvalue weighted by Gasteiger charge is 2.18. The van der Waals surface area contributed by atoms with Crippen molar-refractivity contribution in [2.24, 2.45) is 0 Å². The van der Waals surface area contributed by atoms with Crippen molar-refractivity contribution >= 4 is 23.0 Å². The number of ether oxygens (including phenoxy) is 2. The first-order chi connectivity index (χ1) is 12.6. The van der Waals surface area contributed by atoms with Gasteiger partial charge in [0.15, 0.2) is 11.5 Å². The highest BCUT2D eigenvalue weighted by atomic mass is 16.6. The summed E-state index contributed by atoms with van der Waals surface area (Å²) < 4.78 is 15.7. The molecule has 0 saturated carbocycles. The Hall–Kier alpha value is -3.85. The molecule has 0 aliphatic carbocycles. The van der Waals surface area contributed by atoms with Crippen molar-refractivity contribution in [1.82, 2.24) is 0 Å². The Balaban J connectivity index is 1.93. The molecule has 0 spiro atoms. The number of esters is 1. The fraction of sp³-hybridized carbons (Fsp3) is 0.0500. The molecule has 128 valence electrons. The normalized spacial score (nSPS) is 10.6. The molecule has 1 aromatic heterocycles. The molecule has 1 heterocycles. The van der Waals surface area contributed by atoms with Crippen LogP contribution in [0.25, 0.3) is 17.0 Å². The fourth-order valence-corrected chi connectivity index (χ4v) is 2.36. The topological polar surface area (TPSA) is 89.5 Å². The van der Waals surface area contributed by atoms with Gasteiger partial charge >= 0.3 is 11.6 Å². The summed E-state index contributed by atoms with van der Waals surface area (Å²) in [5.41, 5.74) is 0.106. The first-order valence-electron chi connectivity index (χ1n) is 7.61. The Morgan fingerprint density at radius 3 is 2.73 bits per heavy atom. The maximum absolute atomic E-state index is 12.4. The molecular formula is C20H13NO5. The van der Waals surface area contributed by atoms with Crippen molar-refractivity contribution in [3.05, 3.63) is 76.2 Å². The first kappa shape index (κ1) is 17.0. The second-order valence-electron chi connectivity index (χ2n) is 5.25. The summed E-state index contributed by atoms with van der Waals surface area (Å²) in [7, 11) is 1.43. The number of nitrogens with zero attached hydrogens (tertiary/aromatic N) is 1. The lowest BCUT2D eigenvalue weighted by Gasteiger charge is -2.09. The minimum absolute atomic E-state index is 0.152. The van der Waals surface area contributed by atoms with E-state index in [-0.39, 0.29) is 11.3 Å². The number of hydrogen-bond donors (Lipinski definition) is 0. The number of carbonyl (C=O) groups is 1. The summed E-state index contributed by atoms with van der Waals surface area (Å²) in [4.78, 5) is 24.5. The Morgan fingerprint density at radius 2 is 1.96 bits per heavy atom. The van der Waals surface area contributed by atoms with Gasteiger partial charge in [-0.3, -0.25) is 0 Å². The summed E-state index contributed by atoms with van der Waals surface area (Å²) in [6.45, 7) is 0. The predicted molar refractivity (Wildman–Crippen MR) is 95.1 cm³/mol. The van der Waals surface area contributed by atoms with Gasteiger partial charge < -0.3 is 13.9 Å². The molecular weight excluding hydrogens is 334 g/mol. The Bertz CT molecular complexity index is 1110. The maximum atomic E-state index is 12.4. The van der Waals surface area contributed by atoms with E-state index in [2.05, 4.69) is 0 Å². The minimum Gasteiger partial charge on any atom is -0.493 e. The molecule has 3 aromatic rings. The van der Waals surface area contributed by atoms with Gasteiger partial charge in [-0.2, -0.15) is 5.26 Å². The van der Waals surface area contributed by atoms with E-state index in [4.69, 9.17) is 19.2 Å². The van der Waals surface area contributed by atoms with Crippen LogP contribution in [0.3, 0.4) is 0 Å². The number of nitriles is 1. The lowest BCUT2D eigenvalue weighted by molar-refractivity contribution is 0.0725. The lowest BCUT2D eigenvalue weighted by atomic mass is 10.1. The second kappa shape index (κ2) is 7.36. The number of fused-ring (bicyclic) bond motifs is 1. The highest BCUT2D eigenvalue weighted by Crippen LogP contribution is 2.29. The van der Waals surface area contributed by atoms with Crippen LogP contribution in [0.4, 0.5) is 0 Å². The van der Waals surface area contributed by atoms with Crippen molar-refractivity contribution in [2.75, 3.05) is 7.11 Å². The van der Waals surface area contributed by atoms with Crippen LogP contribution in [0, 0.1) is 11.3 Å². The van der Waals surface area contributed by atoms with E-state index in [1.54, 1.807) is 42.5 Å². The van der Waals surface area contributed by atoms with Crippen molar-refractivity contribution in [2.45, 2.75) is 0 Å². The lowest BCUT2D eigenvalue weighted by Crippen LogP contribution is -2.19. The van der Waals surface area contributed by atoms with Crippen LogP contribution in [0.5, 0.6) is 11.5 Å². The molecule has 0 saturated heterocycles. The third kappa shape index (κ3) is 3.47. The minimum atomic E-state index is -0.844. The molecule has 26 heavy (non-hydrogen) atoms. The van der Waals surface area contributed by atoms with E-state index in [1.165, 1.54) is 25.3 Å². The summed E-state index contributed by atoms with van der Waals surface area (Å²) >= 11 is 0. The van der Waals surface area contributed by atoms with E-state index in [0.29, 0.717) is 22.3 Å². The predicted octanol–water partition coefficient (Wildman–Crippen LogP) is 3.56. The zero-order valence-corrected chi connectivity index (χ0v) is 13.8. The first-order valence-corrected chi connectivity index (χ1v) is 7.61. The average Bonchev–Trinajstić information content (AvgIpc) is 2.66. The Kier molecular flexibility index (Phi) is 4.81. The highest BCUT2D eigenvalue weighted by molar-refractivity contribution is 5.94. The van der Waals surface area contributed by atoms with Gasteiger partial charge in [-0.15, -0.1) is 0 Å². The standard InChI is InChI=1S/C20H13NO5/c1-24-18-11-13(5-4-10-21)8-9-17(18)26-20(23)15-12-14-6-2-3-7-16(14)25-19(15)22/h2-9,11-12H,1H3/b5-4-. The van der Waals surface area contributed by atoms with E-state index < -0.39 is 11.6 Å². The number of hydrogen-bond acceptors (Lipinski definition) is 6. The summed E-state index contributed by atoms with van der Waals surface area (Å²) in [6, 6.07) is 15.0. The van der Waals surface area contributed by atoms with Crippen molar-refractivity contribution in [3.8, 4) is 17.6 Å². The monoisotopic (exact) mass is 347 g/mol. The molecule has 3 rings (SSSR count). The number of allylic oxidation sites excluding steroid dienone is 1. The smallest absolute Gasteiger partial charge is 0.351 e. The van der Waals surface area contributed by atoms with Crippen LogP contribution in [0.2, 0.25) is 0 Å². The summed E-state index contributed by atoms with van der Waals surface area (Å²) in [5, 5.41) is 9.19. The van der Waals surface area contributed by atoms with Gasteiger partial charge in [0.25, 0.3) is 0 Å². The number of benzene rings is 2. The van der Waals surface area contributed by atoms with Gasteiger partial charge in [-0.05, 0) is 35.9 Å². The number of rotatable bonds is 4. The van der Waals surface area contributed by atoms with Crippen LogP contribution in [0.1, 0.15) is 15.9 Å². The van der Waals surface area contributed by atoms with Crippen molar-refractivity contribution in [1.29, 1.82) is 5.26 Å². The van der Waals surface area contributed by atoms with Crippen LogP contribution in [-0.4, -0.2) is 13.1 Å². The number of methoxy groups -OCH3 is 1. The largest absolute Gasteiger partial charge is 0.493 e. The molecule has 6 heteroatoms. The quantitative estimate of drug-likeness (QED) is 0.310. The maximum Gasteiger partial charge on any atom is 0.351 e. The third-order valence-corrected chi connectivity index (χ3v) is 3.60. The van der Waals surface area contributed by atoms with Crippen LogP contribution >= 0.6 is 0 Å². The van der Waals surface area contributed by atoms with E-state index in [0.717, 1.165) is 0 Å². The molecule has 0 fully saturated rings. The van der Waals surface area contributed by atoms with Gasteiger partial charge in [0.05, 0.1) is 13.2 Å². The van der Waals surface area contributed by atoms with Gasteiger partial charge in [0.1, 0.15) is 11.1 Å². The molecule has 0 N–H and O–H groups in total. The molecule has 0 radical (unpaired) electrons. The molecule has 0 aliphatic heterocycles. The molecule has 0 amide bonds. The molecule has 0 bridgehead atoms. The van der Waals surface area contributed by atoms with Gasteiger partial charge in [-0.1, -0.05) is 24.3 Å². The van der Waals surface area contributed by atoms with Gasteiger partial charge in [0.2, 0.25) is 0 Å². The number of para-hydroxylation sites is 1. The van der Waals surface area contributed by atoms with Crippen molar-refractivity contribution < 1.29 is 18.7 Å². The van der Waals surface area contributed by atoms with Gasteiger partial charge in [0, 0.05) is 11.5 Å². The van der Waals surface area contributed by atoms with Crippen LogP contribution in [-0.2, 0) is 0 Å². The van der Waals surface area contributed by atoms with E-state index >= 15 is 0 Å². The van der Waals surface area contributed by atoms with Crippen LogP contribution in [0.15, 0.2) is 63.8 Å². The third-order valence-electron chi connectivity index (χ3n) is 3.60. The average molecular weight is 347 g/mol. The molecule has 0 aliphatic rings. The Labute approximate surface area is 148 Å². The fourth-order valence-electron chi connectivity index (χ4n) is 2.36. The van der Waals surface area contributed by atoms with E-state index in [9.17, 15) is 9.59 Å². The zero-order chi connectivity index (χ0) is 18.5. The summed E-state index contributed by atoms with van der Waals surface area (Å²) in [6.07, 6.45) is 2.91. The second-order valence-corrected chi connectivity index (χ2v) is 5.25. The van der Waals surface area contributed by atoms with Crippen molar-refractivity contribution in [3.63, 3.8) is 0 Å². The zero-order valence-electron chi connectivity index (χ0n) is 13.8. The molecule has 0 atom stereocenters. The molecule has 6 nitrogen and oxygen atoms in total. The molecule has 0 unspecified atom stereocenters.